The van der Waals surface area contributed by atoms with Crippen LogP contribution in [0.15, 0.2) is 84.4 Å². The summed E-state index contributed by atoms with van der Waals surface area (Å²) in [6, 6.07) is 23.3. The van der Waals surface area contributed by atoms with Crippen molar-refractivity contribution in [1.82, 2.24) is 9.80 Å². The Morgan fingerprint density at radius 3 is 2.34 bits per heavy atom. The van der Waals surface area contributed by atoms with Gasteiger partial charge in [-0.1, -0.05) is 49.4 Å². The summed E-state index contributed by atoms with van der Waals surface area (Å²) in [7, 11) is 3.82. The molecule has 1 fully saturated rings. The van der Waals surface area contributed by atoms with Crippen LogP contribution in [0.3, 0.4) is 0 Å². The molecule has 0 saturated carbocycles. The van der Waals surface area contributed by atoms with Gasteiger partial charge in [-0.25, -0.2) is 0 Å². The van der Waals surface area contributed by atoms with Gasteiger partial charge in [-0.3, -0.25) is 9.59 Å². The van der Waals surface area contributed by atoms with Gasteiger partial charge in [0.05, 0.1) is 18.2 Å². The number of likely N-dealkylation sites (tertiary alicyclic amines) is 1. The Balaban J connectivity index is 1.70. The number of carbonyl (C=O) groups is 2. The van der Waals surface area contributed by atoms with Crippen LogP contribution in [-0.4, -0.2) is 60.4 Å². The van der Waals surface area contributed by atoms with E-state index in [9.17, 15) is 14.7 Å². The summed E-state index contributed by atoms with van der Waals surface area (Å²) in [6.45, 7) is 3.90. The van der Waals surface area contributed by atoms with Crippen molar-refractivity contribution in [2.24, 2.45) is 0 Å². The zero-order chi connectivity index (χ0) is 27.1. The molecule has 7 heteroatoms. The van der Waals surface area contributed by atoms with Gasteiger partial charge in [0, 0.05) is 18.7 Å². The number of rotatable bonds is 11. The maximum Gasteiger partial charge on any atom is 0.295 e. The van der Waals surface area contributed by atoms with Crippen LogP contribution in [-0.2, 0) is 16.2 Å². The van der Waals surface area contributed by atoms with Gasteiger partial charge in [-0.15, -0.1) is 0 Å². The molecule has 1 saturated heterocycles. The van der Waals surface area contributed by atoms with E-state index >= 15 is 0 Å². The van der Waals surface area contributed by atoms with Crippen molar-refractivity contribution in [3.05, 3.63) is 101 Å². The van der Waals surface area contributed by atoms with Crippen molar-refractivity contribution in [3.63, 3.8) is 0 Å². The first-order chi connectivity index (χ1) is 18.4. The lowest BCUT2D eigenvalue weighted by Gasteiger charge is -2.27. The Morgan fingerprint density at radius 1 is 0.921 bits per heavy atom. The van der Waals surface area contributed by atoms with Crippen molar-refractivity contribution in [1.29, 1.82) is 0 Å². The highest BCUT2D eigenvalue weighted by Gasteiger charge is 2.46. The maximum absolute atomic E-state index is 13.3. The Labute approximate surface area is 223 Å². The number of ketones is 1. The summed E-state index contributed by atoms with van der Waals surface area (Å²) in [5.41, 5.74) is 2.23. The van der Waals surface area contributed by atoms with Crippen molar-refractivity contribution < 1.29 is 24.2 Å². The number of ether oxygens (including phenoxy) is 2. The lowest BCUT2D eigenvalue weighted by Crippen LogP contribution is -2.35. The average Bonchev–Trinajstić information content (AvgIpc) is 3.19. The summed E-state index contributed by atoms with van der Waals surface area (Å²) in [5.74, 6) is -0.250. The van der Waals surface area contributed by atoms with Gasteiger partial charge in [-0.2, -0.15) is 0 Å². The maximum atomic E-state index is 13.3. The van der Waals surface area contributed by atoms with Crippen molar-refractivity contribution in [2.75, 3.05) is 33.8 Å². The van der Waals surface area contributed by atoms with Crippen LogP contribution in [0.2, 0.25) is 0 Å². The molecular formula is C31H34N2O5. The topological polar surface area (TPSA) is 79.3 Å². The van der Waals surface area contributed by atoms with E-state index in [1.54, 1.807) is 24.3 Å². The minimum absolute atomic E-state index is 0.0659. The van der Waals surface area contributed by atoms with Crippen LogP contribution in [0.1, 0.15) is 36.1 Å². The smallest absolute Gasteiger partial charge is 0.295 e. The lowest BCUT2D eigenvalue weighted by molar-refractivity contribution is -0.140. The van der Waals surface area contributed by atoms with Gasteiger partial charge in [0.15, 0.2) is 0 Å². The molecule has 1 aliphatic rings. The molecule has 0 spiro atoms. The number of nitrogens with zero attached hydrogens (tertiary/aromatic N) is 2. The first kappa shape index (κ1) is 26.9. The van der Waals surface area contributed by atoms with Crippen LogP contribution in [0.25, 0.3) is 5.76 Å². The zero-order valence-corrected chi connectivity index (χ0v) is 22.1. The lowest BCUT2D eigenvalue weighted by atomic mass is 9.95. The molecular weight excluding hydrogens is 480 g/mol. The second-order valence-electron chi connectivity index (χ2n) is 9.52. The molecule has 1 atom stereocenters. The standard InChI is InChI=1S/C31H34N2O5/c1-4-19-37-25-15-13-23(14-16-25)29(34)27-28(33(18-17-32(2)3)31(36)30(27)35)24-11-8-12-26(20-24)38-21-22-9-6-5-7-10-22/h5-16,20,28,34H,4,17-19,21H2,1-3H3. The number of Topliss-reactive ketones (excluding diaryl/α,β-unsaturated/α-hetero) is 1. The fourth-order valence-corrected chi connectivity index (χ4v) is 4.36. The Morgan fingerprint density at radius 2 is 1.66 bits per heavy atom. The molecule has 0 aliphatic carbocycles. The average molecular weight is 515 g/mol. The van der Waals surface area contributed by atoms with Gasteiger partial charge < -0.3 is 24.4 Å². The van der Waals surface area contributed by atoms with Crippen LogP contribution in [0.5, 0.6) is 11.5 Å². The molecule has 38 heavy (non-hydrogen) atoms. The number of aliphatic hydroxyl groups is 1. The minimum atomic E-state index is -0.744. The number of aliphatic hydroxyl groups excluding tert-OH is 1. The summed E-state index contributed by atoms with van der Waals surface area (Å²) < 4.78 is 11.7. The van der Waals surface area contributed by atoms with E-state index in [2.05, 4.69) is 0 Å². The number of carbonyl (C=O) groups excluding carboxylic acids is 2. The van der Waals surface area contributed by atoms with Crippen LogP contribution in [0, 0.1) is 0 Å². The Hall–Kier alpha value is -4.10. The predicted octanol–water partition coefficient (Wildman–Crippen LogP) is 5.04. The van der Waals surface area contributed by atoms with E-state index in [1.165, 1.54) is 4.90 Å². The number of likely N-dealkylation sites (N-methyl/N-ethyl adjacent to an activating group) is 1. The van der Waals surface area contributed by atoms with Gasteiger partial charge >= 0.3 is 0 Å². The number of benzene rings is 3. The van der Waals surface area contributed by atoms with Crippen molar-refractivity contribution in [2.45, 2.75) is 26.0 Å². The molecule has 0 bridgehead atoms. The van der Waals surface area contributed by atoms with E-state index in [1.807, 2.05) is 80.5 Å². The molecule has 7 nitrogen and oxygen atoms in total. The second kappa shape index (κ2) is 12.4. The van der Waals surface area contributed by atoms with E-state index in [0.29, 0.717) is 48.9 Å². The normalized spacial score (nSPS) is 16.7. The van der Waals surface area contributed by atoms with E-state index in [0.717, 1.165) is 12.0 Å². The van der Waals surface area contributed by atoms with Crippen LogP contribution in [0.4, 0.5) is 0 Å². The third-order valence-corrected chi connectivity index (χ3v) is 6.35. The fourth-order valence-electron chi connectivity index (χ4n) is 4.36. The second-order valence-corrected chi connectivity index (χ2v) is 9.52. The van der Waals surface area contributed by atoms with E-state index in [-0.39, 0.29) is 11.3 Å². The molecule has 1 amide bonds. The molecule has 1 N–H and O–H groups in total. The molecule has 1 heterocycles. The number of hydrogen-bond donors (Lipinski definition) is 1. The number of amides is 1. The molecule has 1 aliphatic heterocycles. The molecule has 4 rings (SSSR count). The molecule has 0 aromatic heterocycles. The van der Waals surface area contributed by atoms with Gasteiger partial charge in [0.25, 0.3) is 11.7 Å². The summed E-state index contributed by atoms with van der Waals surface area (Å²) in [5, 5.41) is 11.3. The third kappa shape index (κ3) is 6.23. The highest BCUT2D eigenvalue weighted by molar-refractivity contribution is 6.46. The largest absolute Gasteiger partial charge is 0.507 e. The fraction of sp³-hybridized carbons (Fsp3) is 0.290. The van der Waals surface area contributed by atoms with Gasteiger partial charge in [0.1, 0.15) is 23.9 Å². The molecule has 0 radical (unpaired) electrons. The van der Waals surface area contributed by atoms with Gasteiger partial charge in [0.2, 0.25) is 0 Å². The summed E-state index contributed by atoms with van der Waals surface area (Å²) in [4.78, 5) is 29.9. The Kier molecular flexibility index (Phi) is 8.81. The molecule has 198 valence electrons. The SMILES string of the molecule is CCCOc1ccc(C(O)=C2C(=O)C(=O)N(CCN(C)C)C2c2cccc(OCc3ccccc3)c2)cc1. The van der Waals surface area contributed by atoms with Gasteiger partial charge in [-0.05, 0) is 68.0 Å². The van der Waals surface area contributed by atoms with Crippen LogP contribution >= 0.6 is 0 Å². The van der Waals surface area contributed by atoms with Crippen molar-refractivity contribution >= 4 is 17.4 Å². The predicted molar refractivity (Wildman–Crippen MR) is 147 cm³/mol. The summed E-state index contributed by atoms with van der Waals surface area (Å²) in [6.07, 6.45) is 0.881. The van der Waals surface area contributed by atoms with E-state index in [4.69, 9.17) is 9.47 Å². The Bertz CT molecular complexity index is 1290. The number of hydrogen-bond acceptors (Lipinski definition) is 6. The monoisotopic (exact) mass is 514 g/mol. The first-order valence-corrected chi connectivity index (χ1v) is 12.8. The third-order valence-electron chi connectivity index (χ3n) is 6.35. The molecule has 3 aromatic carbocycles. The van der Waals surface area contributed by atoms with Crippen molar-refractivity contribution in [3.8, 4) is 11.5 Å². The quantitative estimate of drug-likeness (QED) is 0.220. The minimum Gasteiger partial charge on any atom is -0.507 e. The highest BCUT2D eigenvalue weighted by atomic mass is 16.5. The van der Waals surface area contributed by atoms with Crippen LogP contribution < -0.4 is 9.47 Å². The van der Waals surface area contributed by atoms with E-state index < -0.39 is 17.7 Å². The zero-order valence-electron chi connectivity index (χ0n) is 22.1. The first-order valence-electron chi connectivity index (χ1n) is 12.8. The highest BCUT2D eigenvalue weighted by Crippen LogP contribution is 2.40. The molecule has 1 unspecified atom stereocenters. The summed E-state index contributed by atoms with van der Waals surface area (Å²) >= 11 is 0. The molecule has 3 aromatic rings.